The van der Waals surface area contributed by atoms with Gasteiger partial charge < -0.3 is 0 Å². The van der Waals surface area contributed by atoms with Crippen LogP contribution in [0.25, 0.3) is 0 Å². The summed E-state index contributed by atoms with van der Waals surface area (Å²) in [6.45, 7) is 0. The average Bonchev–Trinajstić information content (AvgIpc) is 1.69. The molecule has 7 heavy (non-hydrogen) atoms. The normalized spacial score (nSPS) is 9.14. The van der Waals surface area contributed by atoms with Crippen LogP contribution in [0.5, 0.6) is 0 Å². The Morgan fingerprint density at radius 2 is 2.43 bits per heavy atom. The molecule has 0 radical (unpaired) electrons. The summed E-state index contributed by atoms with van der Waals surface area (Å²) in [5.41, 5.74) is 0. The van der Waals surface area contributed by atoms with E-state index in [4.69, 9.17) is 6.42 Å². The number of hydrogen-bond acceptors (Lipinski definition) is 0. The van der Waals surface area contributed by atoms with Gasteiger partial charge >= 0.3 is 0 Å². The molecule has 0 unspecified atom stereocenters. The van der Waals surface area contributed by atoms with Gasteiger partial charge in [-0.2, -0.15) is 0 Å². The molecule has 0 nitrogen and oxygen atoms in total. The third-order valence-corrected chi connectivity index (χ3v) is 0.918. The second-order valence-corrected chi connectivity index (χ2v) is 1.63. The summed E-state index contributed by atoms with van der Waals surface area (Å²) in [7, 11) is 0. The van der Waals surface area contributed by atoms with Crippen molar-refractivity contribution in [2.45, 2.75) is 12.8 Å². The molecule has 0 aromatic carbocycles. The van der Waals surface area contributed by atoms with Crippen molar-refractivity contribution in [1.29, 1.82) is 0 Å². The molecule has 0 aliphatic rings. The van der Waals surface area contributed by atoms with Gasteiger partial charge in [0, 0.05) is 6.42 Å². The summed E-state index contributed by atoms with van der Waals surface area (Å²) in [6, 6.07) is 0. The number of halogens is 1. The first kappa shape index (κ1) is 6.78. The molecule has 0 atom stereocenters. The zero-order valence-corrected chi connectivity index (χ0v) is 5.61. The summed E-state index contributed by atoms with van der Waals surface area (Å²) >= 11 is 3.13. The fraction of sp³-hybridized carbons (Fsp3) is 0.333. The molecule has 0 aromatic heterocycles. The number of allylic oxidation sites excluding steroid dienone is 1. The van der Waals surface area contributed by atoms with Crippen molar-refractivity contribution in [2.75, 3.05) is 0 Å². The van der Waals surface area contributed by atoms with Crippen molar-refractivity contribution in [2.24, 2.45) is 0 Å². The fourth-order valence-electron chi connectivity index (χ4n) is 0.230. The van der Waals surface area contributed by atoms with E-state index in [-0.39, 0.29) is 0 Å². The summed E-state index contributed by atoms with van der Waals surface area (Å²) < 4.78 is 0. The smallest absolute Gasteiger partial charge is 0.0121 e. The Bertz CT molecular complexity index is 86.8. The molecule has 0 aliphatic heterocycles. The standard InChI is InChI=1S/C6H7Br/c1-2-3-4-5-6-7/h1,5-6H,3-4H2. The van der Waals surface area contributed by atoms with Gasteiger partial charge in [0.1, 0.15) is 0 Å². The molecule has 0 bridgehead atoms. The van der Waals surface area contributed by atoms with Crippen LogP contribution >= 0.6 is 15.9 Å². The first-order valence-electron chi connectivity index (χ1n) is 2.10. The lowest BCUT2D eigenvalue weighted by atomic mass is 10.3. The van der Waals surface area contributed by atoms with Crippen LogP contribution < -0.4 is 0 Å². The molecule has 1 heteroatoms. The van der Waals surface area contributed by atoms with Crippen molar-refractivity contribution >= 4 is 15.9 Å². The number of unbranched alkanes of at least 4 members (excludes halogenated alkanes) is 1. The Kier molecular flexibility index (Phi) is 5.60. The van der Waals surface area contributed by atoms with E-state index in [1.54, 1.807) is 0 Å². The van der Waals surface area contributed by atoms with Crippen molar-refractivity contribution in [3.05, 3.63) is 11.1 Å². The highest BCUT2D eigenvalue weighted by Gasteiger charge is 1.69. The third kappa shape index (κ3) is 5.78. The van der Waals surface area contributed by atoms with Gasteiger partial charge in [0.05, 0.1) is 0 Å². The minimum atomic E-state index is 0.835. The first-order chi connectivity index (χ1) is 3.41. The molecule has 0 fully saturated rings. The van der Waals surface area contributed by atoms with E-state index in [9.17, 15) is 0 Å². The van der Waals surface area contributed by atoms with Crippen molar-refractivity contribution < 1.29 is 0 Å². The molecular formula is C6H7Br. The van der Waals surface area contributed by atoms with Gasteiger partial charge in [-0.25, -0.2) is 0 Å². The van der Waals surface area contributed by atoms with Crippen LogP contribution in [0.2, 0.25) is 0 Å². The second kappa shape index (κ2) is 5.78. The number of rotatable bonds is 2. The van der Waals surface area contributed by atoms with Crippen LogP contribution in [0.1, 0.15) is 12.8 Å². The van der Waals surface area contributed by atoms with E-state index in [0.717, 1.165) is 12.8 Å². The van der Waals surface area contributed by atoms with E-state index in [1.807, 2.05) is 11.1 Å². The Morgan fingerprint density at radius 3 is 2.86 bits per heavy atom. The Hall–Kier alpha value is -0.220. The van der Waals surface area contributed by atoms with E-state index >= 15 is 0 Å². The monoisotopic (exact) mass is 158 g/mol. The maximum absolute atomic E-state index is 4.97. The quantitative estimate of drug-likeness (QED) is 0.428. The highest BCUT2D eigenvalue weighted by atomic mass is 79.9. The maximum atomic E-state index is 4.97. The van der Waals surface area contributed by atoms with Gasteiger partial charge in [0.25, 0.3) is 0 Å². The second-order valence-electron chi connectivity index (χ2n) is 1.10. The van der Waals surface area contributed by atoms with Crippen molar-refractivity contribution in [3.8, 4) is 12.3 Å². The Balaban J connectivity index is 2.87. The van der Waals surface area contributed by atoms with Gasteiger partial charge in [-0.15, -0.1) is 12.3 Å². The summed E-state index contributed by atoms with van der Waals surface area (Å²) in [4.78, 5) is 1.82. The van der Waals surface area contributed by atoms with Crippen LogP contribution in [0, 0.1) is 12.3 Å². The molecule has 0 saturated heterocycles. The molecule has 0 aliphatic carbocycles. The number of terminal acetylenes is 1. The van der Waals surface area contributed by atoms with Crippen molar-refractivity contribution in [1.82, 2.24) is 0 Å². The van der Waals surface area contributed by atoms with Gasteiger partial charge in [-0.3, -0.25) is 0 Å². The number of hydrogen-bond donors (Lipinski definition) is 0. The van der Waals surface area contributed by atoms with Crippen molar-refractivity contribution in [3.63, 3.8) is 0 Å². The molecule has 38 valence electrons. The first-order valence-corrected chi connectivity index (χ1v) is 3.02. The lowest BCUT2D eigenvalue weighted by molar-refractivity contribution is 1.09. The largest absolute Gasteiger partial charge is 0.120 e. The van der Waals surface area contributed by atoms with Gasteiger partial charge in [0.2, 0.25) is 0 Å². The topological polar surface area (TPSA) is 0 Å². The lowest BCUT2D eigenvalue weighted by Gasteiger charge is -1.76. The molecule has 0 saturated carbocycles. The summed E-state index contributed by atoms with van der Waals surface area (Å²) in [5.74, 6) is 2.53. The van der Waals surface area contributed by atoms with Gasteiger partial charge in [-0.1, -0.05) is 22.0 Å². The molecule has 0 aromatic rings. The fourth-order valence-corrected chi connectivity index (χ4v) is 0.494. The molecule has 0 rings (SSSR count). The predicted octanol–water partition coefficient (Wildman–Crippen LogP) is 2.31. The third-order valence-electron chi connectivity index (χ3n) is 0.544. The van der Waals surface area contributed by atoms with Crippen LogP contribution in [-0.4, -0.2) is 0 Å². The minimum absolute atomic E-state index is 0.835. The van der Waals surface area contributed by atoms with E-state index in [0.29, 0.717) is 0 Å². The molecule has 0 N–H and O–H groups in total. The highest BCUT2D eigenvalue weighted by molar-refractivity contribution is 9.11. The maximum Gasteiger partial charge on any atom is 0.0121 e. The Morgan fingerprint density at radius 1 is 1.71 bits per heavy atom. The molecule has 0 heterocycles. The van der Waals surface area contributed by atoms with Crippen LogP contribution in [0.15, 0.2) is 11.1 Å². The molecular weight excluding hydrogens is 152 g/mol. The SMILES string of the molecule is C#CCCC=CBr. The lowest BCUT2D eigenvalue weighted by Crippen LogP contribution is -1.58. The van der Waals surface area contributed by atoms with Crippen LogP contribution in [-0.2, 0) is 0 Å². The Labute approximate surface area is 52.7 Å². The highest BCUT2D eigenvalue weighted by Crippen LogP contribution is 1.90. The average molecular weight is 159 g/mol. The van der Waals surface area contributed by atoms with Crippen LogP contribution in [0.3, 0.4) is 0 Å². The predicted molar refractivity (Wildman–Crippen MR) is 36.1 cm³/mol. The van der Waals surface area contributed by atoms with E-state index in [1.165, 1.54) is 0 Å². The minimum Gasteiger partial charge on any atom is -0.120 e. The molecule has 0 amide bonds. The van der Waals surface area contributed by atoms with Gasteiger partial charge in [-0.05, 0) is 11.4 Å². The summed E-state index contributed by atoms with van der Waals surface area (Å²) in [5, 5.41) is 0. The van der Waals surface area contributed by atoms with Gasteiger partial charge in [0.15, 0.2) is 0 Å². The van der Waals surface area contributed by atoms with Crippen LogP contribution in [0.4, 0.5) is 0 Å². The summed E-state index contributed by atoms with van der Waals surface area (Å²) in [6.07, 6.45) is 8.77. The molecule has 0 spiro atoms. The zero-order valence-electron chi connectivity index (χ0n) is 4.02. The zero-order chi connectivity index (χ0) is 5.54. The van der Waals surface area contributed by atoms with E-state index < -0.39 is 0 Å². The van der Waals surface area contributed by atoms with E-state index in [2.05, 4.69) is 21.9 Å².